The number of para-hydroxylation sites is 1. The predicted molar refractivity (Wildman–Crippen MR) is 101 cm³/mol. The van der Waals surface area contributed by atoms with Crippen molar-refractivity contribution in [1.29, 1.82) is 0 Å². The lowest BCUT2D eigenvalue weighted by molar-refractivity contribution is 0.600. The number of sulfone groups is 1. The van der Waals surface area contributed by atoms with Crippen LogP contribution in [0, 0.1) is 6.92 Å². The van der Waals surface area contributed by atoms with Crippen LogP contribution in [0.5, 0.6) is 0 Å². The second kappa shape index (κ2) is 7.00. The number of nitrogens with zero attached hydrogens (tertiary/aromatic N) is 4. The predicted octanol–water partition coefficient (Wildman–Crippen LogP) is 2.57. The molecule has 0 radical (unpaired) electrons. The lowest BCUT2D eigenvalue weighted by Crippen LogP contribution is -2.34. The van der Waals surface area contributed by atoms with Gasteiger partial charge in [-0.05, 0) is 32.4 Å². The van der Waals surface area contributed by atoms with E-state index in [0.717, 1.165) is 23.7 Å². The van der Waals surface area contributed by atoms with Gasteiger partial charge in [0.2, 0.25) is 5.95 Å². The molecule has 1 aliphatic rings. The Kier molecular flexibility index (Phi) is 4.94. The first kappa shape index (κ1) is 17.7. The van der Waals surface area contributed by atoms with E-state index < -0.39 is 9.84 Å². The first-order valence-corrected chi connectivity index (χ1v) is 10.3. The summed E-state index contributed by atoms with van der Waals surface area (Å²) in [5.41, 5.74) is 1.93. The van der Waals surface area contributed by atoms with Gasteiger partial charge < -0.3 is 9.80 Å². The number of benzene rings is 1. The molecule has 2 heterocycles. The molecular formula is C18H24N4O2S. The van der Waals surface area contributed by atoms with E-state index in [1.807, 2.05) is 55.3 Å². The van der Waals surface area contributed by atoms with Crippen molar-refractivity contribution >= 4 is 27.3 Å². The molecule has 6 nitrogen and oxygen atoms in total. The van der Waals surface area contributed by atoms with Gasteiger partial charge >= 0.3 is 0 Å². The molecule has 1 aliphatic heterocycles. The Morgan fingerprint density at radius 1 is 1.20 bits per heavy atom. The third-order valence-electron chi connectivity index (χ3n) is 4.56. The molecule has 3 rings (SSSR count). The molecule has 0 amide bonds. The van der Waals surface area contributed by atoms with Gasteiger partial charge in [-0.25, -0.2) is 13.4 Å². The van der Waals surface area contributed by atoms with Crippen LogP contribution >= 0.6 is 0 Å². The summed E-state index contributed by atoms with van der Waals surface area (Å²) in [5, 5.41) is 0. The van der Waals surface area contributed by atoms with Gasteiger partial charge in [-0.2, -0.15) is 4.98 Å². The van der Waals surface area contributed by atoms with Crippen molar-refractivity contribution in [3.8, 4) is 0 Å². The number of anilines is 3. The summed E-state index contributed by atoms with van der Waals surface area (Å²) in [6, 6.07) is 12.0. The smallest absolute Gasteiger partial charge is 0.227 e. The third-order valence-corrected chi connectivity index (χ3v) is 6.31. The molecule has 1 atom stereocenters. The van der Waals surface area contributed by atoms with E-state index in [0.29, 0.717) is 12.4 Å². The fourth-order valence-electron chi connectivity index (χ4n) is 3.16. The Hall–Kier alpha value is -2.15. The van der Waals surface area contributed by atoms with E-state index in [1.165, 1.54) is 0 Å². The van der Waals surface area contributed by atoms with Crippen LogP contribution in [0.1, 0.15) is 19.0 Å². The molecule has 134 valence electrons. The molecule has 1 unspecified atom stereocenters. The molecule has 7 heteroatoms. The van der Waals surface area contributed by atoms with Crippen LogP contribution in [0.15, 0.2) is 36.4 Å². The molecule has 0 bridgehead atoms. The first-order valence-electron chi connectivity index (χ1n) is 8.51. The highest BCUT2D eigenvalue weighted by Crippen LogP contribution is 2.27. The second-order valence-corrected chi connectivity index (χ2v) is 8.64. The maximum absolute atomic E-state index is 11.8. The highest BCUT2D eigenvalue weighted by molar-refractivity contribution is 7.91. The van der Waals surface area contributed by atoms with E-state index in [1.54, 1.807) is 0 Å². The molecule has 2 aromatic rings. The van der Waals surface area contributed by atoms with Crippen LogP contribution in [-0.2, 0) is 9.84 Å². The van der Waals surface area contributed by atoms with Crippen LogP contribution < -0.4 is 9.80 Å². The van der Waals surface area contributed by atoms with Crippen LogP contribution in [0.2, 0.25) is 0 Å². The summed E-state index contributed by atoms with van der Waals surface area (Å²) in [4.78, 5) is 13.3. The topological polar surface area (TPSA) is 66.4 Å². The minimum Gasteiger partial charge on any atom is -0.340 e. The Morgan fingerprint density at radius 2 is 1.92 bits per heavy atom. The van der Waals surface area contributed by atoms with Crippen molar-refractivity contribution in [2.24, 2.45) is 0 Å². The fraction of sp³-hybridized carbons (Fsp3) is 0.444. The van der Waals surface area contributed by atoms with Gasteiger partial charge in [0.25, 0.3) is 0 Å². The summed E-state index contributed by atoms with van der Waals surface area (Å²) in [6.07, 6.45) is 0.627. The number of hydrogen-bond acceptors (Lipinski definition) is 6. The lowest BCUT2D eigenvalue weighted by Gasteiger charge is -2.27. The molecule has 1 aromatic heterocycles. The lowest BCUT2D eigenvalue weighted by atomic mass is 10.2. The second-order valence-electron chi connectivity index (χ2n) is 6.42. The standard InChI is InChI=1S/C18H24N4O2S/c1-4-22(15-8-6-5-7-9-15)17-12-14(2)19-18(20-17)21(3)16-10-11-25(23,24)13-16/h5-9,12,16H,4,10-11,13H2,1-3H3. The first-order chi connectivity index (χ1) is 11.9. The zero-order valence-electron chi connectivity index (χ0n) is 14.9. The molecule has 1 fully saturated rings. The SMILES string of the molecule is CCN(c1ccccc1)c1cc(C)nc(N(C)C2CCS(=O)(=O)C2)n1. The zero-order chi connectivity index (χ0) is 18.0. The molecule has 0 saturated carbocycles. The van der Waals surface area contributed by atoms with Crippen molar-refractivity contribution in [2.45, 2.75) is 26.3 Å². The maximum atomic E-state index is 11.8. The summed E-state index contributed by atoms with van der Waals surface area (Å²) in [5.74, 6) is 1.81. The van der Waals surface area contributed by atoms with Gasteiger partial charge in [0.1, 0.15) is 5.82 Å². The summed E-state index contributed by atoms with van der Waals surface area (Å²) in [6.45, 7) is 4.80. The third kappa shape index (κ3) is 3.92. The monoisotopic (exact) mass is 360 g/mol. The summed E-state index contributed by atoms with van der Waals surface area (Å²) < 4.78 is 23.5. The van der Waals surface area contributed by atoms with Crippen molar-refractivity contribution < 1.29 is 8.42 Å². The van der Waals surface area contributed by atoms with E-state index >= 15 is 0 Å². The van der Waals surface area contributed by atoms with Crippen LogP contribution in [0.3, 0.4) is 0 Å². The molecule has 1 saturated heterocycles. The van der Waals surface area contributed by atoms with Crippen molar-refractivity contribution in [3.05, 3.63) is 42.1 Å². The van der Waals surface area contributed by atoms with Crippen LogP contribution in [-0.4, -0.2) is 49.5 Å². The van der Waals surface area contributed by atoms with Crippen LogP contribution in [0.25, 0.3) is 0 Å². The van der Waals surface area contributed by atoms with Gasteiger partial charge in [0.15, 0.2) is 9.84 Å². The zero-order valence-corrected chi connectivity index (χ0v) is 15.7. The Bertz CT molecular complexity index is 839. The van der Waals surface area contributed by atoms with E-state index in [2.05, 4.69) is 16.8 Å². The highest BCUT2D eigenvalue weighted by atomic mass is 32.2. The number of hydrogen-bond donors (Lipinski definition) is 0. The van der Waals surface area contributed by atoms with E-state index in [4.69, 9.17) is 4.98 Å². The van der Waals surface area contributed by atoms with Gasteiger partial charge in [-0.1, -0.05) is 18.2 Å². The molecule has 1 aromatic carbocycles. The number of aryl methyl sites for hydroxylation is 1. The van der Waals surface area contributed by atoms with Crippen molar-refractivity contribution in [1.82, 2.24) is 9.97 Å². The molecule has 0 N–H and O–H groups in total. The average molecular weight is 360 g/mol. The van der Waals surface area contributed by atoms with Crippen LogP contribution in [0.4, 0.5) is 17.5 Å². The van der Waals surface area contributed by atoms with Gasteiger partial charge in [0.05, 0.1) is 11.5 Å². The molecular weight excluding hydrogens is 336 g/mol. The number of rotatable bonds is 5. The van der Waals surface area contributed by atoms with Gasteiger partial charge in [-0.3, -0.25) is 0 Å². The summed E-state index contributed by atoms with van der Waals surface area (Å²) in [7, 11) is -1.06. The van der Waals surface area contributed by atoms with Crippen molar-refractivity contribution in [3.63, 3.8) is 0 Å². The van der Waals surface area contributed by atoms with Crippen molar-refractivity contribution in [2.75, 3.05) is 34.9 Å². The maximum Gasteiger partial charge on any atom is 0.227 e. The average Bonchev–Trinajstić information content (AvgIpc) is 2.95. The molecule has 25 heavy (non-hydrogen) atoms. The quantitative estimate of drug-likeness (QED) is 0.816. The molecule has 0 aliphatic carbocycles. The molecule has 0 spiro atoms. The Labute approximate surface area is 149 Å². The Balaban J connectivity index is 1.92. The van der Waals surface area contributed by atoms with E-state index in [9.17, 15) is 8.42 Å². The minimum atomic E-state index is -2.94. The minimum absolute atomic E-state index is 0.0635. The van der Waals surface area contributed by atoms with Gasteiger partial charge in [-0.15, -0.1) is 0 Å². The normalized spacial score (nSPS) is 18.9. The summed E-state index contributed by atoms with van der Waals surface area (Å²) >= 11 is 0. The number of aromatic nitrogens is 2. The largest absolute Gasteiger partial charge is 0.340 e. The highest BCUT2D eigenvalue weighted by Gasteiger charge is 2.32. The Morgan fingerprint density at radius 3 is 2.52 bits per heavy atom. The van der Waals surface area contributed by atoms with Gasteiger partial charge in [0, 0.05) is 37.1 Å². The van der Waals surface area contributed by atoms with E-state index in [-0.39, 0.29) is 17.5 Å². The fourth-order valence-corrected chi connectivity index (χ4v) is 4.94.